The molecule has 45 heavy (non-hydrogen) atoms. The summed E-state index contributed by atoms with van der Waals surface area (Å²) in [6, 6.07) is 15.7. The molecule has 5 rings (SSSR count). The first-order valence-electron chi connectivity index (χ1n) is 14.6. The maximum atomic E-state index is 15.0. The Morgan fingerprint density at radius 2 is 1.31 bits per heavy atom. The van der Waals surface area contributed by atoms with Crippen molar-refractivity contribution >= 4 is 42.8 Å². The topological polar surface area (TPSA) is 167 Å². The molecule has 0 amide bonds. The van der Waals surface area contributed by atoms with Crippen molar-refractivity contribution in [2.45, 2.75) is 52.0 Å². The first kappa shape index (κ1) is 32.6. The van der Waals surface area contributed by atoms with E-state index in [1.165, 1.54) is 54.6 Å². The third-order valence-electron chi connectivity index (χ3n) is 8.69. The molecule has 2 fully saturated rings. The molecular weight excluding hydrogens is 621 g/mol. The lowest BCUT2D eigenvalue weighted by atomic mass is 9.88. The van der Waals surface area contributed by atoms with Crippen molar-refractivity contribution in [1.82, 2.24) is 4.90 Å². The Bertz CT molecular complexity index is 1770. The molecule has 3 unspecified atom stereocenters. The van der Waals surface area contributed by atoms with E-state index in [1.54, 1.807) is 18.2 Å². The summed E-state index contributed by atoms with van der Waals surface area (Å²) >= 11 is 0. The molecule has 1 saturated heterocycles. The van der Waals surface area contributed by atoms with Crippen molar-refractivity contribution in [3.8, 4) is 0 Å². The number of nitrogens with zero attached hydrogens (tertiary/aromatic N) is 1. The van der Waals surface area contributed by atoms with Gasteiger partial charge in [-0.2, -0.15) is 0 Å². The molecule has 240 valence electrons. The zero-order valence-corrected chi connectivity index (χ0v) is 26.3. The lowest BCUT2D eigenvalue weighted by Gasteiger charge is -2.40. The van der Waals surface area contributed by atoms with Crippen molar-refractivity contribution in [2.24, 2.45) is 11.8 Å². The van der Waals surface area contributed by atoms with Gasteiger partial charge >= 0.3 is 5.97 Å². The average molecular weight is 658 g/mol. The van der Waals surface area contributed by atoms with E-state index in [-0.39, 0.29) is 58.7 Å². The van der Waals surface area contributed by atoms with E-state index in [9.17, 15) is 30.8 Å². The van der Waals surface area contributed by atoms with Crippen LogP contribution >= 0.6 is 0 Å². The summed E-state index contributed by atoms with van der Waals surface area (Å²) in [7, 11) is -8.11. The maximum Gasteiger partial charge on any atom is 0.325 e. The van der Waals surface area contributed by atoms with Crippen LogP contribution in [0, 0.1) is 17.7 Å². The number of anilines is 2. The van der Waals surface area contributed by atoms with Gasteiger partial charge in [0.05, 0.1) is 28.2 Å². The summed E-state index contributed by atoms with van der Waals surface area (Å²) in [5.74, 6) is -2.83. The van der Waals surface area contributed by atoms with Crippen LogP contribution in [0.3, 0.4) is 0 Å². The molecule has 3 aromatic carbocycles. The van der Waals surface area contributed by atoms with Gasteiger partial charge in [-0.1, -0.05) is 18.2 Å². The van der Waals surface area contributed by atoms with Gasteiger partial charge in [0, 0.05) is 22.9 Å². The Balaban J connectivity index is 1.55. The number of nitrogen functional groups attached to an aromatic ring is 2. The number of piperidine rings is 1. The van der Waals surface area contributed by atoms with Crippen LogP contribution in [-0.2, 0) is 34.0 Å². The van der Waals surface area contributed by atoms with Crippen LogP contribution in [0.25, 0.3) is 0 Å². The maximum absolute atomic E-state index is 15.0. The summed E-state index contributed by atoms with van der Waals surface area (Å²) in [4.78, 5) is 28.2. The van der Waals surface area contributed by atoms with Crippen LogP contribution in [0.5, 0.6) is 0 Å². The number of halogens is 1. The van der Waals surface area contributed by atoms with E-state index < -0.39 is 53.9 Å². The van der Waals surface area contributed by atoms with Gasteiger partial charge in [-0.05, 0) is 99.3 Å². The number of benzene rings is 3. The lowest BCUT2D eigenvalue weighted by Crippen LogP contribution is -2.52. The predicted molar refractivity (Wildman–Crippen MR) is 167 cm³/mol. The van der Waals surface area contributed by atoms with Gasteiger partial charge in [0.1, 0.15) is 5.82 Å². The van der Waals surface area contributed by atoms with Crippen LogP contribution < -0.4 is 11.5 Å². The summed E-state index contributed by atoms with van der Waals surface area (Å²) in [5, 5.41) is -3.86. The number of hydrogen-bond donors (Lipinski definition) is 2. The quantitative estimate of drug-likeness (QED) is 0.230. The van der Waals surface area contributed by atoms with Gasteiger partial charge in [0.25, 0.3) is 0 Å². The fraction of sp³-hybridized carbons (Fsp3) is 0.375. The van der Waals surface area contributed by atoms with Crippen LogP contribution in [0.15, 0.2) is 82.6 Å². The molecule has 0 spiro atoms. The normalized spacial score (nSPS) is 18.5. The highest BCUT2D eigenvalue weighted by molar-refractivity contribution is 7.96. The molecule has 2 aliphatic rings. The van der Waals surface area contributed by atoms with Crippen LogP contribution in [-0.4, -0.2) is 64.2 Å². The SMILES string of the molecule is COC(=O)C(C(C1CCN(C(C(=O)C2CC2)c2ccccc2F)CC1)S(=O)(=O)c1ccc(N)cc1)S(=O)(=O)c1ccc(N)cc1. The van der Waals surface area contributed by atoms with E-state index in [4.69, 9.17) is 16.2 Å². The number of sulfone groups is 2. The van der Waals surface area contributed by atoms with Gasteiger partial charge in [0.15, 0.2) is 30.7 Å². The van der Waals surface area contributed by atoms with Crippen LogP contribution in [0.4, 0.5) is 15.8 Å². The Labute approximate surface area is 262 Å². The van der Waals surface area contributed by atoms with E-state index in [0.717, 1.165) is 20.0 Å². The summed E-state index contributed by atoms with van der Waals surface area (Å²) in [5.41, 5.74) is 12.4. The molecule has 1 aliphatic heterocycles. The molecule has 0 radical (unpaired) electrons. The molecule has 4 N–H and O–H groups in total. The molecule has 10 nitrogen and oxygen atoms in total. The third-order valence-corrected chi connectivity index (χ3v) is 13.3. The highest BCUT2D eigenvalue weighted by Crippen LogP contribution is 2.41. The number of ether oxygens (including phenoxy) is 1. The number of esters is 1. The Morgan fingerprint density at radius 1 is 0.800 bits per heavy atom. The van der Waals surface area contributed by atoms with E-state index in [0.29, 0.717) is 5.69 Å². The van der Waals surface area contributed by atoms with Crippen LogP contribution in [0.1, 0.15) is 37.3 Å². The van der Waals surface area contributed by atoms with E-state index in [1.807, 2.05) is 4.90 Å². The predicted octanol–water partition coefficient (Wildman–Crippen LogP) is 3.58. The standard InChI is InChI=1S/C32H36FN3O7S2/c1-43-32(38)31(45(41,42)25-14-10-23(35)11-15-25)30(44(39,40)24-12-8-22(34)9-13-24)21-16-18-36(19-17-21)28(29(37)20-6-7-20)26-4-2-3-5-27(26)33/h2-5,8-15,20-21,28,30-31H,6-7,16-19,34-35H2,1H3. The second kappa shape index (κ2) is 12.9. The number of methoxy groups -OCH3 is 1. The van der Waals surface area contributed by atoms with Crippen molar-refractivity contribution in [3.05, 3.63) is 84.2 Å². The fourth-order valence-corrected chi connectivity index (χ4v) is 10.8. The summed E-state index contributed by atoms with van der Waals surface area (Å²) in [6.45, 7) is 0.345. The minimum absolute atomic E-state index is 0.0945. The van der Waals surface area contributed by atoms with Crippen LogP contribution in [0.2, 0.25) is 0 Å². The molecule has 1 heterocycles. The zero-order valence-electron chi connectivity index (χ0n) is 24.7. The van der Waals surface area contributed by atoms with Gasteiger partial charge in [-0.3, -0.25) is 14.5 Å². The summed E-state index contributed by atoms with van der Waals surface area (Å²) in [6.07, 6.45) is 1.69. The molecule has 13 heteroatoms. The number of Topliss-reactive ketones (excluding diaryl/α,β-unsaturated/α-hetero) is 1. The first-order chi connectivity index (χ1) is 21.4. The smallest absolute Gasteiger partial charge is 0.325 e. The van der Waals surface area contributed by atoms with Crippen molar-refractivity contribution in [1.29, 1.82) is 0 Å². The molecule has 0 bridgehead atoms. The highest BCUT2D eigenvalue weighted by atomic mass is 32.2. The van der Waals surface area contributed by atoms with E-state index in [2.05, 4.69) is 0 Å². The van der Waals surface area contributed by atoms with Crippen molar-refractivity contribution < 1.29 is 35.6 Å². The molecule has 3 aromatic rings. The van der Waals surface area contributed by atoms with Gasteiger partial charge < -0.3 is 16.2 Å². The van der Waals surface area contributed by atoms with Gasteiger partial charge in [-0.15, -0.1) is 0 Å². The number of hydrogen-bond acceptors (Lipinski definition) is 10. The lowest BCUT2D eigenvalue weighted by molar-refractivity contribution is -0.140. The zero-order chi connectivity index (χ0) is 32.5. The van der Waals surface area contributed by atoms with Crippen molar-refractivity contribution in [3.63, 3.8) is 0 Å². The molecule has 1 saturated carbocycles. The highest BCUT2D eigenvalue weighted by Gasteiger charge is 2.52. The van der Waals surface area contributed by atoms with Crippen molar-refractivity contribution in [2.75, 3.05) is 31.7 Å². The fourth-order valence-electron chi connectivity index (χ4n) is 6.16. The Hall–Kier alpha value is -3.81. The molecular formula is C32H36FN3O7S2. The van der Waals surface area contributed by atoms with E-state index >= 15 is 0 Å². The molecule has 0 aromatic heterocycles. The monoisotopic (exact) mass is 657 g/mol. The Morgan fingerprint density at radius 3 is 1.80 bits per heavy atom. The third kappa shape index (κ3) is 6.61. The minimum atomic E-state index is -4.62. The summed E-state index contributed by atoms with van der Waals surface area (Å²) < 4.78 is 76.9. The minimum Gasteiger partial charge on any atom is -0.468 e. The second-order valence-electron chi connectivity index (χ2n) is 11.6. The largest absolute Gasteiger partial charge is 0.468 e. The number of nitrogens with two attached hydrogens (primary N) is 2. The Kier molecular flexibility index (Phi) is 9.33. The number of ketones is 1. The second-order valence-corrected chi connectivity index (χ2v) is 15.8. The molecule has 3 atom stereocenters. The molecule has 1 aliphatic carbocycles. The number of carbonyl (C=O) groups is 2. The van der Waals surface area contributed by atoms with Gasteiger partial charge in [-0.25, -0.2) is 21.2 Å². The number of rotatable bonds is 11. The average Bonchev–Trinajstić information content (AvgIpc) is 3.87. The van der Waals surface area contributed by atoms with Gasteiger partial charge in [0.2, 0.25) is 0 Å². The number of likely N-dealkylation sites (tertiary alicyclic amines) is 1. The first-order valence-corrected chi connectivity index (χ1v) is 17.7. The number of carbonyl (C=O) groups excluding carboxylic acids is 2.